The Kier molecular flexibility index (Phi) is 6.15. The van der Waals surface area contributed by atoms with E-state index in [1.54, 1.807) is 0 Å². The van der Waals surface area contributed by atoms with Crippen LogP contribution in [0.25, 0.3) is 99.5 Å². The monoisotopic (exact) mass is 625 g/mol. The lowest BCUT2D eigenvalue weighted by atomic mass is 9.96. The Balaban J connectivity index is 1.22. The Labute approximate surface area is 282 Å². The zero-order valence-electron chi connectivity index (χ0n) is 26.3. The van der Waals surface area contributed by atoms with E-state index < -0.39 is 0 Å². The van der Waals surface area contributed by atoms with Crippen molar-refractivity contribution in [3.05, 3.63) is 164 Å². The fourth-order valence-electron chi connectivity index (χ4n) is 7.10. The molecule has 0 N–H and O–H groups in total. The van der Waals surface area contributed by atoms with E-state index in [9.17, 15) is 0 Å². The van der Waals surface area contributed by atoms with Crippen molar-refractivity contribution >= 4 is 54.3 Å². The molecule has 0 unspecified atom stereocenters. The molecule has 2 heterocycles. The molecule has 0 saturated carbocycles. The fraction of sp³-hybridized carbons (Fsp3) is 0. The first kappa shape index (κ1) is 27.5. The second-order valence-electron chi connectivity index (χ2n) is 12.4. The van der Waals surface area contributed by atoms with E-state index in [2.05, 4.69) is 133 Å². The van der Waals surface area contributed by atoms with E-state index >= 15 is 0 Å². The van der Waals surface area contributed by atoms with Gasteiger partial charge in [0.05, 0.1) is 5.56 Å². The van der Waals surface area contributed by atoms with E-state index in [1.807, 2.05) is 30.3 Å². The maximum Gasteiger partial charge on any atom is 0.167 e. The summed E-state index contributed by atoms with van der Waals surface area (Å²) in [6, 6.07) is 57.0. The number of furan rings is 1. The first-order chi connectivity index (χ1) is 24.3. The van der Waals surface area contributed by atoms with Crippen molar-refractivity contribution < 1.29 is 4.42 Å². The number of benzene rings is 8. The molecule has 4 heteroatoms. The minimum absolute atomic E-state index is 0.571. The van der Waals surface area contributed by atoms with E-state index in [0.29, 0.717) is 17.5 Å². The first-order valence-corrected chi connectivity index (χ1v) is 16.4. The standard InChI is InChI=1S/C45H27N3O/c1-2-11-28(12-3-1)29-21-22-31-26-33(24-23-30(31)25-29)43-46-44(39-19-10-18-38-37-17-8-9-20-41(37)49-42(38)39)48-45(47-43)40-27-32-13-4-5-14-34(32)35-15-6-7-16-36(35)40/h1-27H. The molecule has 0 spiro atoms. The Bertz CT molecular complexity index is 2890. The van der Waals surface area contributed by atoms with Crippen LogP contribution in [0.2, 0.25) is 0 Å². The molecule has 228 valence electrons. The first-order valence-electron chi connectivity index (χ1n) is 16.4. The molecular weight excluding hydrogens is 599 g/mol. The summed E-state index contributed by atoms with van der Waals surface area (Å²) < 4.78 is 6.46. The number of hydrogen-bond donors (Lipinski definition) is 0. The number of nitrogens with zero attached hydrogens (tertiary/aromatic N) is 3. The number of para-hydroxylation sites is 2. The van der Waals surface area contributed by atoms with E-state index in [1.165, 1.54) is 21.9 Å². The molecule has 49 heavy (non-hydrogen) atoms. The van der Waals surface area contributed by atoms with E-state index in [-0.39, 0.29) is 0 Å². The van der Waals surface area contributed by atoms with Crippen LogP contribution in [0.3, 0.4) is 0 Å². The molecule has 10 aromatic rings. The molecule has 0 fully saturated rings. The fourth-order valence-corrected chi connectivity index (χ4v) is 7.10. The van der Waals surface area contributed by atoms with Gasteiger partial charge in [0.15, 0.2) is 17.5 Å². The SMILES string of the molecule is c1ccc(-c2ccc3cc(-c4nc(-c5cc6ccccc6c6ccccc56)nc(-c5cccc6c5oc5ccccc56)n4)ccc3c2)cc1. The molecule has 0 atom stereocenters. The maximum absolute atomic E-state index is 6.46. The predicted octanol–water partition coefficient (Wildman–Crippen LogP) is 11.9. The molecular formula is C45H27N3O. The summed E-state index contributed by atoms with van der Waals surface area (Å²) in [6.07, 6.45) is 0. The molecule has 0 amide bonds. The lowest BCUT2D eigenvalue weighted by Gasteiger charge is -2.13. The van der Waals surface area contributed by atoms with Gasteiger partial charge in [-0.15, -0.1) is 0 Å². The van der Waals surface area contributed by atoms with Gasteiger partial charge in [-0.1, -0.05) is 133 Å². The highest BCUT2D eigenvalue weighted by Crippen LogP contribution is 2.38. The molecule has 0 saturated heterocycles. The highest BCUT2D eigenvalue weighted by molar-refractivity contribution is 6.13. The van der Waals surface area contributed by atoms with Crippen LogP contribution in [0.1, 0.15) is 0 Å². The van der Waals surface area contributed by atoms with Crippen molar-refractivity contribution in [2.24, 2.45) is 0 Å². The van der Waals surface area contributed by atoms with Gasteiger partial charge in [-0.3, -0.25) is 0 Å². The van der Waals surface area contributed by atoms with Crippen molar-refractivity contribution in [3.63, 3.8) is 0 Å². The third kappa shape index (κ3) is 4.57. The Morgan fingerprint density at radius 1 is 0.327 bits per heavy atom. The summed E-state index contributed by atoms with van der Waals surface area (Å²) in [7, 11) is 0. The number of aromatic nitrogens is 3. The molecule has 4 nitrogen and oxygen atoms in total. The van der Waals surface area contributed by atoms with Crippen LogP contribution in [-0.4, -0.2) is 15.0 Å². The third-order valence-corrected chi connectivity index (χ3v) is 9.50. The van der Waals surface area contributed by atoms with Gasteiger partial charge in [0.1, 0.15) is 11.2 Å². The smallest absolute Gasteiger partial charge is 0.167 e. The molecule has 0 aliphatic carbocycles. The van der Waals surface area contributed by atoms with Crippen molar-refractivity contribution in [2.75, 3.05) is 0 Å². The van der Waals surface area contributed by atoms with Crippen LogP contribution in [0.5, 0.6) is 0 Å². The van der Waals surface area contributed by atoms with Gasteiger partial charge >= 0.3 is 0 Å². The second-order valence-corrected chi connectivity index (χ2v) is 12.4. The van der Waals surface area contributed by atoms with Crippen LogP contribution in [0, 0.1) is 0 Å². The number of hydrogen-bond acceptors (Lipinski definition) is 4. The van der Waals surface area contributed by atoms with Gasteiger partial charge < -0.3 is 4.42 Å². The minimum Gasteiger partial charge on any atom is -0.455 e. The molecule has 0 aliphatic heterocycles. The van der Waals surface area contributed by atoms with Crippen LogP contribution in [0.15, 0.2) is 168 Å². The van der Waals surface area contributed by atoms with Crippen LogP contribution in [0.4, 0.5) is 0 Å². The Hall–Kier alpha value is -6.65. The van der Waals surface area contributed by atoms with Gasteiger partial charge in [-0.2, -0.15) is 0 Å². The summed E-state index contributed by atoms with van der Waals surface area (Å²) >= 11 is 0. The van der Waals surface area contributed by atoms with Gasteiger partial charge in [-0.25, -0.2) is 15.0 Å². The Morgan fingerprint density at radius 3 is 1.78 bits per heavy atom. The quantitative estimate of drug-likeness (QED) is 0.183. The highest BCUT2D eigenvalue weighted by atomic mass is 16.3. The van der Waals surface area contributed by atoms with E-state index in [0.717, 1.165) is 60.2 Å². The average molecular weight is 626 g/mol. The van der Waals surface area contributed by atoms with Crippen molar-refractivity contribution in [1.82, 2.24) is 15.0 Å². The molecule has 0 radical (unpaired) electrons. The normalized spacial score (nSPS) is 11.7. The number of fused-ring (bicyclic) bond motifs is 7. The molecule has 2 aromatic heterocycles. The van der Waals surface area contributed by atoms with E-state index in [4.69, 9.17) is 19.4 Å². The predicted molar refractivity (Wildman–Crippen MR) is 201 cm³/mol. The summed E-state index contributed by atoms with van der Waals surface area (Å²) in [4.78, 5) is 15.6. The minimum atomic E-state index is 0.571. The number of rotatable bonds is 4. The van der Waals surface area contributed by atoms with Crippen molar-refractivity contribution in [3.8, 4) is 45.3 Å². The van der Waals surface area contributed by atoms with Gasteiger partial charge in [0.25, 0.3) is 0 Å². The highest BCUT2D eigenvalue weighted by Gasteiger charge is 2.19. The molecule has 10 rings (SSSR count). The lowest BCUT2D eigenvalue weighted by Crippen LogP contribution is -2.01. The molecule has 0 bridgehead atoms. The zero-order valence-corrected chi connectivity index (χ0v) is 26.3. The maximum atomic E-state index is 6.46. The summed E-state index contributed by atoms with van der Waals surface area (Å²) in [5.74, 6) is 1.80. The summed E-state index contributed by atoms with van der Waals surface area (Å²) in [5.41, 5.74) is 6.70. The zero-order chi connectivity index (χ0) is 32.3. The van der Waals surface area contributed by atoms with Crippen molar-refractivity contribution in [2.45, 2.75) is 0 Å². The topological polar surface area (TPSA) is 51.8 Å². The average Bonchev–Trinajstić information content (AvgIpc) is 3.56. The van der Waals surface area contributed by atoms with Crippen molar-refractivity contribution in [1.29, 1.82) is 0 Å². The second kappa shape index (κ2) is 11.0. The van der Waals surface area contributed by atoms with Gasteiger partial charge in [0.2, 0.25) is 0 Å². The Morgan fingerprint density at radius 2 is 0.939 bits per heavy atom. The molecule has 0 aliphatic rings. The summed E-state index contributed by atoms with van der Waals surface area (Å²) in [5, 5.41) is 8.98. The lowest BCUT2D eigenvalue weighted by molar-refractivity contribution is 0.669. The summed E-state index contributed by atoms with van der Waals surface area (Å²) in [6.45, 7) is 0. The van der Waals surface area contributed by atoms with Gasteiger partial charge in [0, 0.05) is 21.9 Å². The molecule has 8 aromatic carbocycles. The van der Waals surface area contributed by atoms with Crippen LogP contribution >= 0.6 is 0 Å². The largest absolute Gasteiger partial charge is 0.455 e. The third-order valence-electron chi connectivity index (χ3n) is 9.50. The van der Waals surface area contributed by atoms with Crippen LogP contribution < -0.4 is 0 Å². The van der Waals surface area contributed by atoms with Gasteiger partial charge in [-0.05, 0) is 73.8 Å². The van der Waals surface area contributed by atoms with Crippen LogP contribution in [-0.2, 0) is 0 Å².